The van der Waals surface area contributed by atoms with Crippen molar-refractivity contribution in [2.24, 2.45) is 0 Å². The van der Waals surface area contributed by atoms with Gasteiger partial charge in [0, 0.05) is 4.47 Å². The van der Waals surface area contributed by atoms with E-state index in [1.807, 2.05) is 13.0 Å². The van der Waals surface area contributed by atoms with Gasteiger partial charge in [-0.3, -0.25) is 4.79 Å². The van der Waals surface area contributed by atoms with Gasteiger partial charge in [0.25, 0.3) is 0 Å². The van der Waals surface area contributed by atoms with E-state index in [2.05, 4.69) is 34.2 Å². The Kier molecular flexibility index (Phi) is 4.15. The molecule has 2 rings (SSSR count). The van der Waals surface area contributed by atoms with Crippen LogP contribution in [0.3, 0.4) is 0 Å². The Morgan fingerprint density at radius 3 is 2.82 bits per heavy atom. The summed E-state index contributed by atoms with van der Waals surface area (Å²) in [5, 5.41) is 3.17. The summed E-state index contributed by atoms with van der Waals surface area (Å²) in [4.78, 5) is 12.1. The lowest BCUT2D eigenvalue weighted by Gasteiger charge is -2.14. The topological polar surface area (TPSA) is 29.1 Å². The molecule has 2 nitrogen and oxygen atoms in total. The minimum Gasteiger partial charge on any atom is -0.324 e. The van der Waals surface area contributed by atoms with Crippen molar-refractivity contribution in [2.75, 3.05) is 11.1 Å². The largest absolute Gasteiger partial charge is 0.324 e. The van der Waals surface area contributed by atoms with E-state index in [1.165, 1.54) is 5.56 Å². The normalized spacial score (nSPS) is 19.4. The zero-order valence-electron chi connectivity index (χ0n) is 10.0. The maximum absolute atomic E-state index is 12.1. The third-order valence-electron chi connectivity index (χ3n) is 2.90. The Morgan fingerprint density at radius 1 is 1.47 bits per heavy atom. The van der Waals surface area contributed by atoms with Crippen LogP contribution in [-0.4, -0.2) is 16.9 Å². The SMILES string of the molecule is Cc1cc(C)c(NC(=O)C2CCCS2)c(Br)c1. The maximum atomic E-state index is 12.1. The quantitative estimate of drug-likeness (QED) is 0.897. The number of hydrogen-bond donors (Lipinski definition) is 1. The van der Waals surface area contributed by atoms with Crippen molar-refractivity contribution >= 4 is 39.3 Å². The molecule has 1 saturated heterocycles. The fourth-order valence-electron chi connectivity index (χ4n) is 2.06. The van der Waals surface area contributed by atoms with Crippen LogP contribution in [0.2, 0.25) is 0 Å². The molecule has 0 aliphatic carbocycles. The molecule has 92 valence electrons. The highest BCUT2D eigenvalue weighted by atomic mass is 79.9. The summed E-state index contributed by atoms with van der Waals surface area (Å²) in [6.07, 6.45) is 2.15. The van der Waals surface area contributed by atoms with E-state index in [0.29, 0.717) is 0 Å². The number of hydrogen-bond acceptors (Lipinski definition) is 2. The number of halogens is 1. The highest BCUT2D eigenvalue weighted by Crippen LogP contribution is 2.31. The molecule has 1 atom stereocenters. The molecule has 0 saturated carbocycles. The second kappa shape index (κ2) is 5.44. The summed E-state index contributed by atoms with van der Waals surface area (Å²) in [5.41, 5.74) is 3.21. The third kappa shape index (κ3) is 3.05. The van der Waals surface area contributed by atoms with Gasteiger partial charge >= 0.3 is 0 Å². The van der Waals surface area contributed by atoms with Crippen molar-refractivity contribution in [1.82, 2.24) is 0 Å². The summed E-state index contributed by atoms with van der Waals surface area (Å²) in [6, 6.07) is 4.12. The van der Waals surface area contributed by atoms with Crippen LogP contribution in [0.15, 0.2) is 16.6 Å². The first-order chi connectivity index (χ1) is 8.08. The van der Waals surface area contributed by atoms with Gasteiger partial charge in [-0.05, 0) is 65.6 Å². The van der Waals surface area contributed by atoms with E-state index < -0.39 is 0 Å². The van der Waals surface area contributed by atoms with Crippen LogP contribution in [0.5, 0.6) is 0 Å². The first kappa shape index (κ1) is 13.0. The summed E-state index contributed by atoms with van der Waals surface area (Å²) in [7, 11) is 0. The maximum Gasteiger partial charge on any atom is 0.237 e. The predicted octanol–water partition coefficient (Wildman–Crippen LogP) is 3.90. The molecular formula is C13H16BrNOS. The van der Waals surface area contributed by atoms with Crippen molar-refractivity contribution in [3.8, 4) is 0 Å². The highest BCUT2D eigenvalue weighted by Gasteiger charge is 2.24. The number of thioether (sulfide) groups is 1. The average Bonchev–Trinajstić information content (AvgIpc) is 2.76. The van der Waals surface area contributed by atoms with E-state index in [-0.39, 0.29) is 11.2 Å². The van der Waals surface area contributed by atoms with Crippen molar-refractivity contribution in [3.63, 3.8) is 0 Å². The van der Waals surface area contributed by atoms with Crippen LogP contribution in [0, 0.1) is 13.8 Å². The second-order valence-corrected chi connectivity index (χ2v) is 6.59. The fraction of sp³-hybridized carbons (Fsp3) is 0.462. The van der Waals surface area contributed by atoms with Gasteiger partial charge in [0.1, 0.15) is 0 Å². The summed E-state index contributed by atoms with van der Waals surface area (Å²) < 4.78 is 0.964. The minimum atomic E-state index is 0.127. The lowest BCUT2D eigenvalue weighted by molar-refractivity contribution is -0.115. The zero-order valence-corrected chi connectivity index (χ0v) is 12.5. The van der Waals surface area contributed by atoms with Gasteiger partial charge in [-0.1, -0.05) is 6.07 Å². The molecule has 1 aromatic rings. The molecule has 1 aliphatic heterocycles. The van der Waals surface area contributed by atoms with Crippen LogP contribution in [0.1, 0.15) is 24.0 Å². The van der Waals surface area contributed by atoms with Crippen molar-refractivity contribution < 1.29 is 4.79 Å². The van der Waals surface area contributed by atoms with Crippen LogP contribution < -0.4 is 5.32 Å². The molecule has 0 aromatic heterocycles. The van der Waals surface area contributed by atoms with Crippen molar-refractivity contribution in [3.05, 3.63) is 27.7 Å². The van der Waals surface area contributed by atoms with Gasteiger partial charge < -0.3 is 5.32 Å². The van der Waals surface area contributed by atoms with E-state index >= 15 is 0 Å². The van der Waals surface area contributed by atoms with E-state index in [4.69, 9.17) is 0 Å². The summed E-state index contributed by atoms with van der Waals surface area (Å²) in [6.45, 7) is 4.07. The average molecular weight is 314 g/mol. The smallest absolute Gasteiger partial charge is 0.237 e. The van der Waals surface area contributed by atoms with Gasteiger partial charge in [0.15, 0.2) is 0 Å². The summed E-state index contributed by atoms with van der Waals surface area (Å²) in [5.74, 6) is 1.24. The van der Waals surface area contributed by atoms with E-state index in [0.717, 1.165) is 34.3 Å². The number of rotatable bonds is 2. The monoisotopic (exact) mass is 313 g/mol. The number of aryl methyl sites for hydroxylation is 2. The molecular weight excluding hydrogens is 298 g/mol. The number of benzene rings is 1. The molecule has 17 heavy (non-hydrogen) atoms. The Bertz CT molecular complexity index is 418. The zero-order chi connectivity index (χ0) is 12.4. The Hall–Kier alpha value is -0.480. The van der Waals surface area contributed by atoms with Crippen LogP contribution in [0.4, 0.5) is 5.69 Å². The minimum absolute atomic E-state index is 0.127. The summed E-state index contributed by atoms with van der Waals surface area (Å²) >= 11 is 5.27. The molecule has 0 radical (unpaired) electrons. The number of amides is 1. The van der Waals surface area contributed by atoms with Crippen LogP contribution in [0.25, 0.3) is 0 Å². The molecule has 0 bridgehead atoms. The van der Waals surface area contributed by atoms with Crippen LogP contribution in [-0.2, 0) is 4.79 Å². The predicted molar refractivity (Wildman–Crippen MR) is 77.7 cm³/mol. The van der Waals surface area contributed by atoms with Gasteiger partial charge in [-0.2, -0.15) is 0 Å². The highest BCUT2D eigenvalue weighted by molar-refractivity contribution is 9.10. The number of nitrogens with one attached hydrogen (secondary N) is 1. The van der Waals surface area contributed by atoms with Crippen molar-refractivity contribution in [1.29, 1.82) is 0 Å². The number of anilines is 1. The molecule has 1 aromatic carbocycles. The van der Waals surface area contributed by atoms with E-state index in [9.17, 15) is 4.79 Å². The molecule has 1 unspecified atom stereocenters. The first-order valence-electron chi connectivity index (χ1n) is 5.77. The Labute approximate surface area is 115 Å². The first-order valence-corrected chi connectivity index (χ1v) is 7.61. The van der Waals surface area contributed by atoms with Crippen molar-refractivity contribution in [2.45, 2.75) is 31.9 Å². The molecule has 1 fully saturated rings. The Balaban J connectivity index is 2.15. The second-order valence-electron chi connectivity index (χ2n) is 4.43. The van der Waals surface area contributed by atoms with Gasteiger partial charge in [-0.15, -0.1) is 11.8 Å². The lowest BCUT2D eigenvalue weighted by Crippen LogP contribution is -2.23. The van der Waals surface area contributed by atoms with Gasteiger partial charge in [-0.25, -0.2) is 0 Å². The molecule has 0 spiro atoms. The lowest BCUT2D eigenvalue weighted by atomic mass is 10.1. The van der Waals surface area contributed by atoms with Gasteiger partial charge in [0.2, 0.25) is 5.91 Å². The Morgan fingerprint density at radius 2 is 2.24 bits per heavy atom. The van der Waals surface area contributed by atoms with Gasteiger partial charge in [0.05, 0.1) is 10.9 Å². The number of carbonyl (C=O) groups is 1. The molecule has 1 N–H and O–H groups in total. The fourth-order valence-corrected chi connectivity index (χ4v) is 4.00. The molecule has 1 amide bonds. The third-order valence-corrected chi connectivity index (χ3v) is 4.90. The molecule has 1 heterocycles. The van der Waals surface area contributed by atoms with Crippen LogP contribution >= 0.6 is 27.7 Å². The standard InChI is InChI=1S/C13H16BrNOS/c1-8-6-9(2)12(10(14)7-8)15-13(16)11-4-3-5-17-11/h6-7,11H,3-5H2,1-2H3,(H,15,16). The molecule has 1 aliphatic rings. The number of carbonyl (C=O) groups excluding carboxylic acids is 1. The molecule has 4 heteroatoms. The van der Waals surface area contributed by atoms with E-state index in [1.54, 1.807) is 11.8 Å².